The Morgan fingerprint density at radius 3 is 3.09 bits per heavy atom. The van der Waals surface area contributed by atoms with Crippen molar-refractivity contribution >= 4 is 39.5 Å². The molecule has 1 atom stereocenters. The molecular formula is C8H7BrS2. The van der Waals surface area contributed by atoms with E-state index in [9.17, 15) is 0 Å². The molecule has 0 bridgehead atoms. The Labute approximate surface area is 83.3 Å². The van der Waals surface area contributed by atoms with Gasteiger partial charge in [0, 0.05) is 20.4 Å². The maximum absolute atomic E-state index is 3.49. The molecule has 0 saturated heterocycles. The highest BCUT2D eigenvalue weighted by Gasteiger charge is 2.21. The smallest absolute Gasteiger partial charge is 0.0386 e. The van der Waals surface area contributed by atoms with Crippen molar-refractivity contribution in [2.24, 2.45) is 0 Å². The normalized spacial score (nSPS) is 27.9. The second-order valence-corrected chi connectivity index (χ2v) is 5.20. The average molecular weight is 247 g/mol. The molecule has 0 N–H and O–H groups in total. The van der Waals surface area contributed by atoms with E-state index in [1.807, 2.05) is 23.5 Å². The standard InChI is InChI=1S/C8H7BrS2/c9-5-6-4-8-7(11-6)2-1-3-10-8/h1-4,6H,5H2. The molecule has 3 heteroatoms. The van der Waals surface area contributed by atoms with Crippen molar-refractivity contribution in [2.75, 3.05) is 5.33 Å². The zero-order valence-electron chi connectivity index (χ0n) is 5.79. The summed E-state index contributed by atoms with van der Waals surface area (Å²) >= 11 is 7.26. The van der Waals surface area contributed by atoms with E-state index in [1.165, 1.54) is 9.81 Å². The lowest BCUT2D eigenvalue weighted by Crippen LogP contribution is -1.92. The lowest BCUT2D eigenvalue weighted by atomic mass is 10.4. The molecule has 2 heterocycles. The first-order valence-electron chi connectivity index (χ1n) is 3.38. The SMILES string of the molecule is BrCC1C=C2SC=CC=C2S1. The van der Waals surface area contributed by atoms with E-state index in [1.54, 1.807) is 0 Å². The van der Waals surface area contributed by atoms with Gasteiger partial charge in [-0.1, -0.05) is 39.8 Å². The largest absolute Gasteiger partial charge is 0.116 e. The van der Waals surface area contributed by atoms with Gasteiger partial charge in [0.2, 0.25) is 0 Å². The zero-order chi connectivity index (χ0) is 7.68. The minimum absolute atomic E-state index is 0.642. The Balaban J connectivity index is 2.22. The van der Waals surface area contributed by atoms with Crippen molar-refractivity contribution in [1.29, 1.82) is 0 Å². The van der Waals surface area contributed by atoms with Crippen LogP contribution in [0.1, 0.15) is 0 Å². The topological polar surface area (TPSA) is 0 Å². The molecule has 0 aliphatic carbocycles. The first kappa shape index (κ1) is 8.02. The minimum atomic E-state index is 0.642. The Kier molecular flexibility index (Phi) is 2.49. The Hall–Kier alpha value is 0.400. The summed E-state index contributed by atoms with van der Waals surface area (Å²) in [6.45, 7) is 0. The van der Waals surface area contributed by atoms with Gasteiger partial charge in [0.25, 0.3) is 0 Å². The van der Waals surface area contributed by atoms with Gasteiger partial charge in [-0.3, -0.25) is 0 Å². The van der Waals surface area contributed by atoms with Crippen LogP contribution in [0.3, 0.4) is 0 Å². The summed E-state index contributed by atoms with van der Waals surface area (Å²) in [4.78, 5) is 2.86. The third-order valence-electron chi connectivity index (χ3n) is 1.53. The molecule has 2 rings (SSSR count). The fourth-order valence-corrected chi connectivity index (χ4v) is 3.66. The van der Waals surface area contributed by atoms with E-state index in [2.05, 4.69) is 39.6 Å². The number of hydrogen-bond donors (Lipinski definition) is 0. The average Bonchev–Trinajstić information content (AvgIpc) is 2.46. The van der Waals surface area contributed by atoms with Gasteiger partial charge in [-0.15, -0.1) is 11.8 Å². The summed E-state index contributed by atoms with van der Waals surface area (Å²) in [5.74, 6) is 0. The van der Waals surface area contributed by atoms with Crippen molar-refractivity contribution in [3.05, 3.63) is 33.4 Å². The molecule has 0 aromatic heterocycles. The van der Waals surface area contributed by atoms with Crippen LogP contribution in [0.5, 0.6) is 0 Å². The summed E-state index contributed by atoms with van der Waals surface area (Å²) in [7, 11) is 0. The van der Waals surface area contributed by atoms with Gasteiger partial charge in [-0.05, 0) is 11.5 Å². The van der Waals surface area contributed by atoms with Crippen molar-refractivity contribution in [3.8, 4) is 0 Å². The fraction of sp³-hybridized carbons (Fsp3) is 0.250. The number of alkyl halides is 1. The van der Waals surface area contributed by atoms with E-state index >= 15 is 0 Å². The molecule has 0 radical (unpaired) electrons. The Morgan fingerprint density at radius 2 is 2.36 bits per heavy atom. The third-order valence-corrected chi connectivity index (χ3v) is 4.91. The van der Waals surface area contributed by atoms with Gasteiger partial charge in [0.05, 0.1) is 0 Å². The molecule has 0 nitrogen and oxygen atoms in total. The van der Waals surface area contributed by atoms with Crippen molar-refractivity contribution in [1.82, 2.24) is 0 Å². The maximum Gasteiger partial charge on any atom is 0.0386 e. The predicted octanol–water partition coefficient (Wildman–Crippen LogP) is 3.53. The van der Waals surface area contributed by atoms with Crippen LogP contribution in [-0.4, -0.2) is 10.6 Å². The second-order valence-electron chi connectivity index (χ2n) is 2.32. The molecule has 11 heavy (non-hydrogen) atoms. The van der Waals surface area contributed by atoms with E-state index < -0.39 is 0 Å². The van der Waals surface area contributed by atoms with Gasteiger partial charge >= 0.3 is 0 Å². The molecule has 0 fully saturated rings. The van der Waals surface area contributed by atoms with Crippen LogP contribution < -0.4 is 0 Å². The number of halogens is 1. The van der Waals surface area contributed by atoms with E-state index in [0.717, 1.165) is 5.33 Å². The molecule has 2 aliphatic rings. The zero-order valence-corrected chi connectivity index (χ0v) is 9.01. The van der Waals surface area contributed by atoms with Gasteiger partial charge < -0.3 is 0 Å². The highest BCUT2D eigenvalue weighted by molar-refractivity contribution is 9.09. The van der Waals surface area contributed by atoms with Gasteiger partial charge in [-0.2, -0.15) is 0 Å². The van der Waals surface area contributed by atoms with Crippen LogP contribution in [0.4, 0.5) is 0 Å². The summed E-state index contributed by atoms with van der Waals surface area (Å²) in [6, 6.07) is 0. The number of allylic oxidation sites excluding steroid dienone is 2. The summed E-state index contributed by atoms with van der Waals surface area (Å²) in [5, 5.41) is 3.83. The number of thioether (sulfide) groups is 2. The van der Waals surface area contributed by atoms with Gasteiger partial charge in [-0.25, -0.2) is 0 Å². The lowest BCUT2D eigenvalue weighted by molar-refractivity contribution is 1.30. The molecule has 1 unspecified atom stereocenters. The van der Waals surface area contributed by atoms with E-state index in [0.29, 0.717) is 5.25 Å². The highest BCUT2D eigenvalue weighted by Crippen LogP contribution is 2.45. The molecule has 0 aromatic carbocycles. The van der Waals surface area contributed by atoms with E-state index in [4.69, 9.17) is 0 Å². The number of rotatable bonds is 1. The van der Waals surface area contributed by atoms with Crippen LogP contribution in [0.2, 0.25) is 0 Å². The van der Waals surface area contributed by atoms with Crippen LogP contribution in [0, 0.1) is 0 Å². The Morgan fingerprint density at radius 1 is 1.45 bits per heavy atom. The van der Waals surface area contributed by atoms with Crippen molar-refractivity contribution < 1.29 is 0 Å². The van der Waals surface area contributed by atoms with Crippen LogP contribution in [0.25, 0.3) is 0 Å². The van der Waals surface area contributed by atoms with Crippen LogP contribution >= 0.6 is 39.5 Å². The molecule has 2 aliphatic heterocycles. The van der Waals surface area contributed by atoms with Crippen LogP contribution in [-0.2, 0) is 0 Å². The minimum Gasteiger partial charge on any atom is -0.116 e. The third kappa shape index (κ3) is 1.60. The molecule has 0 spiro atoms. The summed E-state index contributed by atoms with van der Waals surface area (Å²) < 4.78 is 0. The van der Waals surface area contributed by atoms with Crippen molar-refractivity contribution in [2.45, 2.75) is 5.25 Å². The van der Waals surface area contributed by atoms with Crippen LogP contribution in [0.15, 0.2) is 33.4 Å². The number of fused-ring (bicyclic) bond motifs is 1. The maximum atomic E-state index is 3.49. The molecular weight excluding hydrogens is 240 g/mol. The summed E-state index contributed by atoms with van der Waals surface area (Å²) in [6.07, 6.45) is 6.63. The van der Waals surface area contributed by atoms with Gasteiger partial charge in [0.15, 0.2) is 0 Å². The predicted molar refractivity (Wildman–Crippen MR) is 58.1 cm³/mol. The Bertz CT molecular complexity index is 253. The monoisotopic (exact) mass is 246 g/mol. The lowest BCUT2D eigenvalue weighted by Gasteiger charge is -2.04. The summed E-state index contributed by atoms with van der Waals surface area (Å²) in [5.41, 5.74) is 0. The van der Waals surface area contributed by atoms with Gasteiger partial charge in [0.1, 0.15) is 0 Å². The highest BCUT2D eigenvalue weighted by atomic mass is 79.9. The quantitative estimate of drug-likeness (QED) is 0.650. The molecule has 58 valence electrons. The molecule has 0 aromatic rings. The molecule has 0 saturated carbocycles. The first-order valence-corrected chi connectivity index (χ1v) is 6.26. The van der Waals surface area contributed by atoms with Crippen molar-refractivity contribution in [3.63, 3.8) is 0 Å². The first-order chi connectivity index (χ1) is 5.40. The fourth-order valence-electron chi connectivity index (χ4n) is 1.04. The molecule has 0 amide bonds. The number of hydrogen-bond acceptors (Lipinski definition) is 2. The van der Waals surface area contributed by atoms with E-state index in [-0.39, 0.29) is 0 Å². The second kappa shape index (κ2) is 3.42.